The molecule has 0 bridgehead atoms. The lowest BCUT2D eigenvalue weighted by Gasteiger charge is -2.09. The van der Waals surface area contributed by atoms with Gasteiger partial charge in [-0.3, -0.25) is 14.6 Å². The van der Waals surface area contributed by atoms with E-state index >= 15 is 0 Å². The fourth-order valence-corrected chi connectivity index (χ4v) is 2.72. The Labute approximate surface area is 172 Å². The molecule has 0 spiro atoms. The molecule has 0 aliphatic carbocycles. The fourth-order valence-electron chi connectivity index (χ4n) is 2.48. The molecule has 0 fully saturated rings. The van der Waals surface area contributed by atoms with Gasteiger partial charge in [0.15, 0.2) is 0 Å². The number of halogens is 1. The number of pyridine rings is 1. The lowest BCUT2D eigenvalue weighted by molar-refractivity contribution is -0.136. The molecule has 1 heterocycles. The zero-order valence-electron chi connectivity index (χ0n) is 15.2. The highest BCUT2D eigenvalue weighted by Crippen LogP contribution is 2.30. The van der Waals surface area contributed by atoms with Crippen molar-refractivity contribution in [2.45, 2.75) is 6.42 Å². The molecule has 0 saturated heterocycles. The van der Waals surface area contributed by atoms with E-state index in [0.717, 1.165) is 5.56 Å². The van der Waals surface area contributed by atoms with Gasteiger partial charge in [0.1, 0.15) is 11.5 Å². The first kappa shape index (κ1) is 20.1. The maximum absolute atomic E-state index is 12.0. The molecule has 29 heavy (non-hydrogen) atoms. The van der Waals surface area contributed by atoms with E-state index in [-0.39, 0.29) is 12.3 Å². The molecule has 2 aromatic carbocycles. The number of amides is 1. The van der Waals surface area contributed by atoms with Crippen molar-refractivity contribution in [3.63, 3.8) is 0 Å². The molecule has 1 amide bonds. The van der Waals surface area contributed by atoms with Crippen LogP contribution in [-0.2, 0) is 16.0 Å². The van der Waals surface area contributed by atoms with Crippen LogP contribution in [0.1, 0.15) is 11.1 Å². The summed E-state index contributed by atoms with van der Waals surface area (Å²) in [4.78, 5) is 26.8. The van der Waals surface area contributed by atoms with Crippen LogP contribution < -0.4 is 10.1 Å². The topological polar surface area (TPSA) is 88.5 Å². The van der Waals surface area contributed by atoms with E-state index in [0.29, 0.717) is 27.8 Å². The normalized spacial score (nSPS) is 10.7. The monoisotopic (exact) mass is 408 g/mol. The van der Waals surface area contributed by atoms with E-state index in [4.69, 9.17) is 21.4 Å². The van der Waals surface area contributed by atoms with E-state index in [1.807, 2.05) is 6.07 Å². The first-order valence-electron chi connectivity index (χ1n) is 8.67. The van der Waals surface area contributed by atoms with Crippen molar-refractivity contribution in [1.29, 1.82) is 0 Å². The Morgan fingerprint density at radius 3 is 2.59 bits per heavy atom. The second-order valence-electron chi connectivity index (χ2n) is 6.07. The number of aliphatic carboxylic acids is 1. The van der Waals surface area contributed by atoms with Crippen molar-refractivity contribution in [2.24, 2.45) is 0 Å². The number of carbonyl (C=O) groups excluding carboxylic acids is 1. The summed E-state index contributed by atoms with van der Waals surface area (Å²) in [6, 6.07) is 15.3. The maximum atomic E-state index is 12.0. The highest BCUT2D eigenvalue weighted by atomic mass is 35.5. The molecule has 1 aromatic heterocycles. The van der Waals surface area contributed by atoms with Gasteiger partial charge in [0.05, 0.1) is 11.4 Å². The number of carboxylic acids is 1. The van der Waals surface area contributed by atoms with Gasteiger partial charge < -0.3 is 15.2 Å². The van der Waals surface area contributed by atoms with Crippen molar-refractivity contribution in [3.8, 4) is 11.5 Å². The summed E-state index contributed by atoms with van der Waals surface area (Å²) in [7, 11) is 0. The van der Waals surface area contributed by atoms with E-state index in [9.17, 15) is 9.59 Å². The number of nitrogens with zero attached hydrogens (tertiary/aromatic N) is 1. The van der Waals surface area contributed by atoms with Gasteiger partial charge in [-0.1, -0.05) is 23.7 Å². The van der Waals surface area contributed by atoms with Gasteiger partial charge in [0.25, 0.3) is 0 Å². The zero-order valence-corrected chi connectivity index (χ0v) is 16.0. The minimum Gasteiger partial charge on any atom is -0.481 e. The molecule has 0 radical (unpaired) electrons. The maximum Gasteiger partial charge on any atom is 0.307 e. The number of rotatable bonds is 7. The average Bonchev–Trinajstić information content (AvgIpc) is 2.70. The van der Waals surface area contributed by atoms with Crippen LogP contribution in [0.15, 0.2) is 73.1 Å². The molecule has 0 unspecified atom stereocenters. The minimum atomic E-state index is -0.928. The molecule has 0 saturated carbocycles. The number of benzene rings is 2. The summed E-state index contributed by atoms with van der Waals surface area (Å²) in [6.07, 6.45) is 6.33. The molecular weight excluding hydrogens is 392 g/mol. The van der Waals surface area contributed by atoms with Gasteiger partial charge in [-0.15, -0.1) is 0 Å². The number of hydrogen-bond acceptors (Lipinski definition) is 4. The molecule has 0 aliphatic heterocycles. The molecule has 146 valence electrons. The Bertz CT molecular complexity index is 1030. The Kier molecular flexibility index (Phi) is 6.60. The summed E-state index contributed by atoms with van der Waals surface area (Å²) in [6.45, 7) is 0. The van der Waals surface area contributed by atoms with Gasteiger partial charge in [-0.05, 0) is 59.7 Å². The van der Waals surface area contributed by atoms with Gasteiger partial charge >= 0.3 is 5.97 Å². The van der Waals surface area contributed by atoms with Crippen molar-refractivity contribution in [3.05, 3.63) is 89.2 Å². The standard InChI is InChI=1S/C22H17ClN2O4/c23-19-12-16(13-22(27)28)3-9-20(19)29-18-7-5-17(6-8-18)25-21(26)10-4-15-2-1-11-24-14-15/h1-12,14H,13H2,(H,25,26)(H,27,28)/b10-4+. The molecule has 0 atom stereocenters. The lowest BCUT2D eigenvalue weighted by Crippen LogP contribution is -2.07. The van der Waals surface area contributed by atoms with Crippen LogP contribution in [0.4, 0.5) is 5.69 Å². The van der Waals surface area contributed by atoms with Crippen molar-refractivity contribution < 1.29 is 19.4 Å². The smallest absolute Gasteiger partial charge is 0.307 e. The van der Waals surface area contributed by atoms with Crippen LogP contribution >= 0.6 is 11.6 Å². The van der Waals surface area contributed by atoms with Gasteiger partial charge in [-0.25, -0.2) is 0 Å². The zero-order chi connectivity index (χ0) is 20.6. The third-order valence-corrected chi connectivity index (χ3v) is 4.11. The van der Waals surface area contributed by atoms with E-state index in [1.165, 1.54) is 6.08 Å². The molecule has 2 N–H and O–H groups in total. The Balaban J connectivity index is 1.59. The van der Waals surface area contributed by atoms with Crippen LogP contribution in [0.5, 0.6) is 11.5 Å². The summed E-state index contributed by atoms with van der Waals surface area (Å²) in [5.74, 6) is -0.249. The van der Waals surface area contributed by atoms with Crippen LogP contribution in [0.3, 0.4) is 0 Å². The van der Waals surface area contributed by atoms with E-state index in [2.05, 4.69) is 10.3 Å². The van der Waals surface area contributed by atoms with Crippen LogP contribution in [0.2, 0.25) is 5.02 Å². The van der Waals surface area contributed by atoms with E-state index in [1.54, 1.807) is 67.0 Å². The number of anilines is 1. The van der Waals surface area contributed by atoms with Crippen LogP contribution in [0.25, 0.3) is 6.08 Å². The number of ether oxygens (including phenoxy) is 1. The van der Waals surface area contributed by atoms with Gasteiger partial charge in [0.2, 0.25) is 5.91 Å². The molecule has 7 heteroatoms. The Hall–Kier alpha value is -3.64. The second-order valence-corrected chi connectivity index (χ2v) is 6.48. The summed E-state index contributed by atoms with van der Waals surface area (Å²) < 4.78 is 5.72. The van der Waals surface area contributed by atoms with Gasteiger partial charge in [-0.2, -0.15) is 0 Å². The predicted molar refractivity (Wildman–Crippen MR) is 111 cm³/mol. The average molecular weight is 409 g/mol. The van der Waals surface area contributed by atoms with Crippen LogP contribution in [-0.4, -0.2) is 22.0 Å². The predicted octanol–water partition coefficient (Wildman–Crippen LogP) is 4.81. The number of aromatic nitrogens is 1. The minimum absolute atomic E-state index is 0.108. The first-order valence-corrected chi connectivity index (χ1v) is 9.04. The first-order chi connectivity index (χ1) is 14.0. The largest absolute Gasteiger partial charge is 0.481 e. The summed E-state index contributed by atoms with van der Waals surface area (Å²) in [5, 5.41) is 11.9. The molecule has 6 nitrogen and oxygen atoms in total. The molecule has 0 aliphatic rings. The summed E-state index contributed by atoms with van der Waals surface area (Å²) in [5.41, 5.74) is 2.03. The van der Waals surface area contributed by atoms with Crippen molar-refractivity contribution in [1.82, 2.24) is 4.98 Å². The number of nitrogens with one attached hydrogen (secondary N) is 1. The Morgan fingerprint density at radius 1 is 1.14 bits per heavy atom. The van der Waals surface area contributed by atoms with Crippen LogP contribution in [0, 0.1) is 0 Å². The number of hydrogen-bond donors (Lipinski definition) is 2. The lowest BCUT2D eigenvalue weighted by atomic mass is 10.1. The third kappa shape index (κ3) is 6.19. The van der Waals surface area contributed by atoms with E-state index < -0.39 is 5.97 Å². The second kappa shape index (κ2) is 9.52. The molecular formula is C22H17ClN2O4. The van der Waals surface area contributed by atoms with Crippen molar-refractivity contribution >= 4 is 35.2 Å². The van der Waals surface area contributed by atoms with Gasteiger partial charge in [0, 0.05) is 24.2 Å². The molecule has 3 rings (SSSR count). The Morgan fingerprint density at radius 2 is 1.93 bits per heavy atom. The number of carboxylic acid groups (broad SMARTS) is 1. The highest BCUT2D eigenvalue weighted by molar-refractivity contribution is 6.32. The SMILES string of the molecule is O=C(O)Cc1ccc(Oc2ccc(NC(=O)/C=C/c3cccnc3)cc2)c(Cl)c1. The quantitative estimate of drug-likeness (QED) is 0.548. The summed E-state index contributed by atoms with van der Waals surface area (Å²) >= 11 is 6.16. The highest BCUT2D eigenvalue weighted by Gasteiger charge is 2.07. The molecule has 3 aromatic rings. The third-order valence-electron chi connectivity index (χ3n) is 3.81. The fraction of sp³-hybridized carbons (Fsp3) is 0.0455. The van der Waals surface area contributed by atoms with Crippen molar-refractivity contribution in [2.75, 3.05) is 5.32 Å². The number of carbonyl (C=O) groups is 2.